The number of aryl methyl sites for hydroxylation is 3. The molecule has 0 aromatic carbocycles. The third-order valence-corrected chi connectivity index (χ3v) is 3.39. The molecule has 1 unspecified atom stereocenters. The van der Waals surface area contributed by atoms with Gasteiger partial charge in [-0.05, 0) is 32.4 Å². The lowest BCUT2D eigenvalue weighted by molar-refractivity contribution is 0.547. The smallest absolute Gasteiger partial charge is 0.130 e. The predicted octanol–water partition coefficient (Wildman–Crippen LogP) is 2.17. The number of hydrogen-bond donors (Lipinski definition) is 1. The molecule has 0 amide bonds. The Morgan fingerprint density at radius 2 is 2.10 bits per heavy atom. The largest absolute Gasteiger partial charge is 0.336 e. The molecule has 0 aliphatic rings. The van der Waals surface area contributed by atoms with Crippen LogP contribution in [-0.2, 0) is 13.5 Å². The van der Waals surface area contributed by atoms with Gasteiger partial charge in [0.15, 0.2) is 0 Å². The molecule has 0 radical (unpaired) electrons. The number of rotatable bonds is 6. The molecule has 0 aliphatic carbocycles. The van der Waals surface area contributed by atoms with Crippen molar-refractivity contribution in [2.45, 2.75) is 39.7 Å². The molecule has 2 aromatic rings. The number of nitrogens with zero attached hydrogens (tertiary/aromatic N) is 4. The Labute approximate surface area is 120 Å². The summed E-state index contributed by atoms with van der Waals surface area (Å²) in [6, 6.07) is 2.19. The zero-order valence-corrected chi connectivity index (χ0v) is 12.7. The van der Waals surface area contributed by atoms with Crippen molar-refractivity contribution in [1.29, 1.82) is 0 Å². The van der Waals surface area contributed by atoms with Crippen LogP contribution in [0, 0.1) is 6.92 Å². The van der Waals surface area contributed by atoms with Gasteiger partial charge < -0.3 is 9.88 Å². The minimum absolute atomic E-state index is 0.0686. The zero-order valence-electron chi connectivity index (χ0n) is 12.7. The van der Waals surface area contributed by atoms with Crippen molar-refractivity contribution in [3.05, 3.63) is 41.2 Å². The van der Waals surface area contributed by atoms with Crippen LogP contribution in [0.5, 0.6) is 0 Å². The minimum atomic E-state index is 0.0686. The Hall–Kier alpha value is -1.75. The van der Waals surface area contributed by atoms with E-state index in [0.29, 0.717) is 0 Å². The molecule has 0 fully saturated rings. The fraction of sp³-hybridized carbons (Fsp3) is 0.533. The minimum Gasteiger partial charge on any atom is -0.336 e. The van der Waals surface area contributed by atoms with E-state index < -0.39 is 0 Å². The van der Waals surface area contributed by atoms with Crippen molar-refractivity contribution in [2.75, 3.05) is 6.54 Å². The molecule has 2 rings (SSSR count). The Balaban J connectivity index is 2.46. The van der Waals surface area contributed by atoms with Crippen molar-refractivity contribution in [2.24, 2.45) is 7.05 Å². The predicted molar refractivity (Wildman–Crippen MR) is 79.5 cm³/mol. The summed E-state index contributed by atoms with van der Waals surface area (Å²) in [7, 11) is 2.02. The van der Waals surface area contributed by atoms with E-state index in [-0.39, 0.29) is 6.04 Å². The Morgan fingerprint density at radius 1 is 1.30 bits per heavy atom. The van der Waals surface area contributed by atoms with E-state index in [2.05, 4.69) is 45.0 Å². The van der Waals surface area contributed by atoms with Crippen LogP contribution >= 0.6 is 0 Å². The van der Waals surface area contributed by atoms with Crippen molar-refractivity contribution in [3.8, 4) is 0 Å². The third-order valence-electron chi connectivity index (χ3n) is 3.39. The van der Waals surface area contributed by atoms with Crippen LogP contribution in [0.3, 0.4) is 0 Å². The van der Waals surface area contributed by atoms with Gasteiger partial charge in [0.25, 0.3) is 0 Å². The molecule has 2 heterocycles. The van der Waals surface area contributed by atoms with Crippen LogP contribution in [0.4, 0.5) is 0 Å². The van der Waals surface area contributed by atoms with Crippen molar-refractivity contribution in [1.82, 2.24) is 25.1 Å². The maximum absolute atomic E-state index is 4.50. The molecule has 1 atom stereocenters. The van der Waals surface area contributed by atoms with Gasteiger partial charge in [-0.2, -0.15) is 10.2 Å². The van der Waals surface area contributed by atoms with Gasteiger partial charge in [0.2, 0.25) is 0 Å². The van der Waals surface area contributed by atoms with Gasteiger partial charge in [0.05, 0.1) is 17.4 Å². The summed E-state index contributed by atoms with van der Waals surface area (Å²) in [5.74, 6) is 1.01. The van der Waals surface area contributed by atoms with Crippen LogP contribution in [0.25, 0.3) is 0 Å². The van der Waals surface area contributed by atoms with Crippen LogP contribution < -0.4 is 5.32 Å². The summed E-state index contributed by atoms with van der Waals surface area (Å²) in [6.07, 6.45) is 5.77. The van der Waals surface area contributed by atoms with Gasteiger partial charge in [-0.25, -0.2) is 4.98 Å². The average molecular weight is 273 g/mol. The maximum atomic E-state index is 4.50. The van der Waals surface area contributed by atoms with Gasteiger partial charge in [-0.3, -0.25) is 0 Å². The molecule has 0 bridgehead atoms. The van der Waals surface area contributed by atoms with Crippen LogP contribution in [-0.4, -0.2) is 26.3 Å². The van der Waals surface area contributed by atoms with E-state index in [4.69, 9.17) is 0 Å². The lowest BCUT2D eigenvalue weighted by atomic mass is 10.0. The Morgan fingerprint density at radius 3 is 2.70 bits per heavy atom. The first-order chi connectivity index (χ1) is 9.67. The molecule has 2 aromatic heterocycles. The molecule has 1 N–H and O–H groups in total. The number of nitrogens with one attached hydrogen (secondary N) is 1. The topological polar surface area (TPSA) is 55.6 Å². The van der Waals surface area contributed by atoms with Crippen LogP contribution in [0.2, 0.25) is 0 Å². The second kappa shape index (κ2) is 6.61. The molecule has 5 nitrogen and oxygen atoms in total. The first kappa shape index (κ1) is 14.7. The number of aromatic nitrogens is 4. The van der Waals surface area contributed by atoms with Gasteiger partial charge in [-0.15, -0.1) is 0 Å². The molecule has 108 valence electrons. The monoisotopic (exact) mass is 273 g/mol. The van der Waals surface area contributed by atoms with Gasteiger partial charge in [0, 0.05) is 25.0 Å². The van der Waals surface area contributed by atoms with Gasteiger partial charge in [0.1, 0.15) is 5.82 Å². The molecule has 0 spiro atoms. The van der Waals surface area contributed by atoms with Crippen LogP contribution in [0.15, 0.2) is 18.5 Å². The highest BCUT2D eigenvalue weighted by Gasteiger charge is 2.21. The molecular formula is C15H23N5. The van der Waals surface area contributed by atoms with E-state index in [1.807, 2.05) is 26.4 Å². The van der Waals surface area contributed by atoms with E-state index >= 15 is 0 Å². The van der Waals surface area contributed by atoms with E-state index in [0.717, 1.165) is 36.6 Å². The summed E-state index contributed by atoms with van der Waals surface area (Å²) in [5.41, 5.74) is 3.16. The second-order valence-corrected chi connectivity index (χ2v) is 5.02. The van der Waals surface area contributed by atoms with E-state index in [1.54, 1.807) is 0 Å². The van der Waals surface area contributed by atoms with Gasteiger partial charge in [-0.1, -0.05) is 13.8 Å². The normalized spacial score (nSPS) is 12.6. The molecular weight excluding hydrogens is 250 g/mol. The Bertz CT molecular complexity index is 561. The first-order valence-corrected chi connectivity index (χ1v) is 7.21. The zero-order chi connectivity index (χ0) is 14.5. The average Bonchev–Trinajstić information content (AvgIpc) is 2.86. The molecule has 0 saturated carbocycles. The summed E-state index contributed by atoms with van der Waals surface area (Å²) in [4.78, 5) is 4.50. The quantitative estimate of drug-likeness (QED) is 0.876. The highest BCUT2D eigenvalue weighted by Crippen LogP contribution is 2.23. The standard InChI is InChI=1S/C15H23N5/c1-5-7-16-14(15-17-8-9-20(15)4)12-10-11(3)18-19-13(12)6-2/h8-10,14,16H,5-7H2,1-4H3. The highest BCUT2D eigenvalue weighted by atomic mass is 15.1. The maximum Gasteiger partial charge on any atom is 0.130 e. The highest BCUT2D eigenvalue weighted by molar-refractivity contribution is 5.30. The van der Waals surface area contributed by atoms with Gasteiger partial charge >= 0.3 is 0 Å². The summed E-state index contributed by atoms with van der Waals surface area (Å²) >= 11 is 0. The lowest BCUT2D eigenvalue weighted by Crippen LogP contribution is -2.27. The fourth-order valence-corrected chi connectivity index (χ4v) is 2.34. The summed E-state index contributed by atoms with van der Waals surface area (Å²) in [6.45, 7) is 7.20. The third kappa shape index (κ3) is 3.04. The second-order valence-electron chi connectivity index (χ2n) is 5.02. The summed E-state index contributed by atoms with van der Waals surface area (Å²) in [5, 5.41) is 12.1. The van der Waals surface area contributed by atoms with Crippen molar-refractivity contribution in [3.63, 3.8) is 0 Å². The molecule has 5 heteroatoms. The lowest BCUT2D eigenvalue weighted by Gasteiger charge is -2.21. The van der Waals surface area contributed by atoms with Crippen molar-refractivity contribution < 1.29 is 0 Å². The molecule has 0 saturated heterocycles. The van der Waals surface area contributed by atoms with E-state index in [9.17, 15) is 0 Å². The first-order valence-electron chi connectivity index (χ1n) is 7.21. The Kier molecular flexibility index (Phi) is 4.84. The number of imidazole rings is 1. The van der Waals surface area contributed by atoms with Crippen LogP contribution in [0.1, 0.15) is 49.1 Å². The summed E-state index contributed by atoms with van der Waals surface area (Å²) < 4.78 is 2.06. The molecule has 20 heavy (non-hydrogen) atoms. The van der Waals surface area contributed by atoms with Crippen molar-refractivity contribution >= 4 is 0 Å². The molecule has 0 aliphatic heterocycles. The SMILES string of the molecule is CCCNC(c1cc(C)nnc1CC)c1nccn1C. The number of hydrogen-bond acceptors (Lipinski definition) is 4. The fourth-order valence-electron chi connectivity index (χ4n) is 2.34. The van der Waals surface area contributed by atoms with E-state index in [1.165, 1.54) is 5.56 Å².